The maximum Gasteiger partial charge on any atom is 0.410 e. The number of hydrogen-bond acceptors (Lipinski definition) is 9. The molecule has 0 aliphatic carbocycles. The number of ether oxygens (including phenoxy) is 1. The maximum absolute atomic E-state index is 13.4. The Hall–Kier alpha value is -4.65. The molecule has 4 aromatic rings. The lowest BCUT2D eigenvalue weighted by Gasteiger charge is -2.58. The van der Waals surface area contributed by atoms with Crippen LogP contribution in [0.1, 0.15) is 69.9 Å². The van der Waals surface area contributed by atoms with Crippen molar-refractivity contribution in [2.24, 2.45) is 10.8 Å². The number of β-lactam (4-membered cyclic amide) rings is 2. The van der Waals surface area contributed by atoms with E-state index in [4.69, 9.17) is 27.9 Å². The first-order chi connectivity index (χ1) is 25.4. The van der Waals surface area contributed by atoms with E-state index < -0.39 is 11.0 Å². The van der Waals surface area contributed by atoms with Crippen LogP contribution in [0.5, 0.6) is 0 Å². The molecule has 4 saturated heterocycles. The smallest absolute Gasteiger partial charge is 0.410 e. The van der Waals surface area contributed by atoms with Gasteiger partial charge in [0.1, 0.15) is 5.60 Å². The Labute approximate surface area is 318 Å². The number of carbonyl (C=O) groups is 3. The van der Waals surface area contributed by atoms with Gasteiger partial charge in [0.2, 0.25) is 11.8 Å². The molecule has 4 aliphatic rings. The Balaban J connectivity index is 0.000000170. The van der Waals surface area contributed by atoms with Crippen LogP contribution in [-0.4, -0.2) is 74.5 Å². The molecule has 14 heteroatoms. The van der Waals surface area contributed by atoms with Gasteiger partial charge in [0, 0.05) is 37.9 Å². The number of piperidine rings is 2. The van der Waals surface area contributed by atoms with Crippen LogP contribution in [0, 0.1) is 10.8 Å². The van der Waals surface area contributed by atoms with Crippen molar-refractivity contribution < 1.29 is 19.1 Å². The minimum Gasteiger partial charge on any atom is -0.444 e. The van der Waals surface area contributed by atoms with Gasteiger partial charge in [-0.1, -0.05) is 35.3 Å². The molecule has 0 radical (unpaired) electrons. The van der Waals surface area contributed by atoms with Crippen molar-refractivity contribution in [3.8, 4) is 0 Å². The van der Waals surface area contributed by atoms with Gasteiger partial charge in [0.05, 0.1) is 68.1 Å². The van der Waals surface area contributed by atoms with E-state index in [0.717, 1.165) is 43.0 Å². The zero-order valence-corrected chi connectivity index (χ0v) is 31.4. The number of rotatable bonds is 4. The Kier molecular flexibility index (Phi) is 10.1. The SMILES string of the molecule is CC(C)(C)OC(=O)N1CCC2(CC1)C(=O)N(c1cncc(Cl)c1)C2c1ccccn1.O=C1N(c2cncc(Cl)c2)C(c2ccccn2)C12CCNCC2. The molecule has 8 rings (SSSR count). The predicted octanol–water partition coefficient (Wildman–Crippen LogP) is 6.82. The van der Waals surface area contributed by atoms with Crippen LogP contribution in [0.15, 0.2) is 85.7 Å². The lowest BCUT2D eigenvalue weighted by atomic mass is 9.63. The number of nitrogens with one attached hydrogen (secondary N) is 1. The first-order valence-corrected chi connectivity index (χ1v) is 18.6. The molecule has 53 heavy (non-hydrogen) atoms. The Morgan fingerprint density at radius 3 is 1.64 bits per heavy atom. The summed E-state index contributed by atoms with van der Waals surface area (Å²) in [5, 5.41) is 4.34. The summed E-state index contributed by atoms with van der Waals surface area (Å²) in [6.07, 6.45) is 12.4. The number of likely N-dealkylation sites (tertiary alicyclic amines) is 1. The normalized spacial score (nSPS) is 21.7. The Morgan fingerprint density at radius 2 is 1.23 bits per heavy atom. The van der Waals surface area contributed by atoms with Gasteiger partial charge in [0.25, 0.3) is 0 Å². The summed E-state index contributed by atoms with van der Waals surface area (Å²) in [5.41, 5.74) is 1.63. The van der Waals surface area contributed by atoms with E-state index in [-0.39, 0.29) is 35.4 Å². The minimum atomic E-state index is -0.602. The third-order valence-corrected chi connectivity index (χ3v) is 10.9. The molecule has 3 amide bonds. The van der Waals surface area contributed by atoms with E-state index in [9.17, 15) is 14.4 Å². The number of pyridine rings is 4. The van der Waals surface area contributed by atoms with Crippen molar-refractivity contribution in [2.45, 2.75) is 64.1 Å². The molecule has 4 aliphatic heterocycles. The van der Waals surface area contributed by atoms with Gasteiger partial charge in [-0.3, -0.25) is 29.5 Å². The van der Waals surface area contributed by atoms with Gasteiger partial charge in [-0.15, -0.1) is 0 Å². The molecule has 2 spiro atoms. The summed E-state index contributed by atoms with van der Waals surface area (Å²) in [5.74, 6) is 0.171. The first-order valence-electron chi connectivity index (χ1n) is 17.8. The standard InChI is InChI=1S/C22H25ClN4O3.C17H17ClN4O/c1-21(2,3)30-20(29)26-10-7-22(8-11-26)18(17-6-4-5-9-25-17)27(19(22)28)16-12-15(23)13-24-14-16;18-12-9-13(11-20-10-12)22-15(14-3-1-2-6-21-14)17(16(22)23)4-7-19-8-5-17/h4-6,9,12-14,18H,7-8,10-11H2,1-3H3;1-3,6,9-11,15,19H,4-5,7-8H2. The molecule has 276 valence electrons. The van der Waals surface area contributed by atoms with Gasteiger partial charge >= 0.3 is 6.09 Å². The lowest BCUT2D eigenvalue weighted by Crippen LogP contribution is -2.67. The second kappa shape index (κ2) is 14.6. The van der Waals surface area contributed by atoms with Crippen molar-refractivity contribution in [3.63, 3.8) is 0 Å². The predicted molar refractivity (Wildman–Crippen MR) is 201 cm³/mol. The summed E-state index contributed by atoms with van der Waals surface area (Å²) < 4.78 is 5.50. The fraction of sp³-hybridized carbons (Fsp3) is 0.410. The van der Waals surface area contributed by atoms with Crippen LogP contribution in [0.4, 0.5) is 16.2 Å². The third kappa shape index (κ3) is 6.95. The molecule has 4 fully saturated rings. The number of amides is 3. The highest BCUT2D eigenvalue weighted by Gasteiger charge is 2.63. The van der Waals surface area contributed by atoms with E-state index in [1.165, 1.54) is 0 Å². The summed E-state index contributed by atoms with van der Waals surface area (Å²) in [6, 6.07) is 14.8. The monoisotopic (exact) mass is 756 g/mol. The van der Waals surface area contributed by atoms with Crippen molar-refractivity contribution >= 4 is 52.5 Å². The molecular weight excluding hydrogens is 715 g/mol. The van der Waals surface area contributed by atoms with Crippen LogP contribution < -0.4 is 15.1 Å². The molecular formula is C39H42Cl2N8O4. The van der Waals surface area contributed by atoms with Gasteiger partial charge in [-0.25, -0.2) is 4.79 Å². The van der Waals surface area contributed by atoms with Gasteiger partial charge < -0.3 is 24.8 Å². The van der Waals surface area contributed by atoms with Gasteiger partial charge in [0.15, 0.2) is 0 Å². The highest BCUT2D eigenvalue weighted by Crippen LogP contribution is 2.58. The maximum atomic E-state index is 13.4. The zero-order chi connectivity index (χ0) is 37.4. The molecule has 2 atom stereocenters. The van der Waals surface area contributed by atoms with Gasteiger partial charge in [-0.2, -0.15) is 0 Å². The topological polar surface area (TPSA) is 134 Å². The number of nitrogens with zero attached hydrogens (tertiary/aromatic N) is 7. The molecule has 1 N–H and O–H groups in total. The molecule has 2 unspecified atom stereocenters. The number of halogens is 2. The average molecular weight is 758 g/mol. The second-order valence-corrected chi connectivity index (χ2v) is 15.8. The van der Waals surface area contributed by atoms with Crippen LogP contribution in [0.25, 0.3) is 0 Å². The van der Waals surface area contributed by atoms with E-state index >= 15 is 0 Å². The molecule has 0 bridgehead atoms. The Morgan fingerprint density at radius 1 is 0.755 bits per heavy atom. The van der Waals surface area contributed by atoms with Crippen molar-refractivity contribution in [2.75, 3.05) is 36.0 Å². The van der Waals surface area contributed by atoms with Crippen LogP contribution >= 0.6 is 23.2 Å². The van der Waals surface area contributed by atoms with Crippen LogP contribution in [0.2, 0.25) is 10.0 Å². The minimum absolute atomic E-state index is 0.0195. The summed E-state index contributed by atoms with van der Waals surface area (Å²) in [6.45, 7) is 8.18. The number of carbonyl (C=O) groups excluding carboxylic acids is 3. The second-order valence-electron chi connectivity index (χ2n) is 14.9. The quantitative estimate of drug-likeness (QED) is 0.223. The fourth-order valence-corrected chi connectivity index (χ4v) is 8.41. The van der Waals surface area contributed by atoms with Crippen LogP contribution in [0.3, 0.4) is 0 Å². The average Bonchev–Trinajstić information content (AvgIpc) is 3.16. The van der Waals surface area contributed by atoms with E-state index in [0.29, 0.717) is 41.7 Å². The van der Waals surface area contributed by atoms with E-state index in [1.807, 2.05) is 57.2 Å². The Bertz CT molecular complexity index is 1960. The molecule has 4 aromatic heterocycles. The number of aromatic nitrogens is 4. The first kappa shape index (κ1) is 36.7. The van der Waals surface area contributed by atoms with Gasteiger partial charge in [-0.05, 0) is 95.9 Å². The van der Waals surface area contributed by atoms with E-state index in [2.05, 4.69) is 25.3 Å². The molecule has 8 heterocycles. The van der Waals surface area contributed by atoms with E-state index in [1.54, 1.807) is 64.0 Å². The van der Waals surface area contributed by atoms with Crippen molar-refractivity contribution in [3.05, 3.63) is 107 Å². The molecule has 0 aromatic carbocycles. The van der Waals surface area contributed by atoms with Crippen LogP contribution in [-0.2, 0) is 14.3 Å². The number of hydrogen-bond donors (Lipinski definition) is 1. The lowest BCUT2D eigenvalue weighted by molar-refractivity contribution is -0.145. The highest BCUT2D eigenvalue weighted by atomic mass is 35.5. The molecule has 0 saturated carbocycles. The number of anilines is 2. The summed E-state index contributed by atoms with van der Waals surface area (Å²) in [4.78, 5) is 61.4. The molecule has 12 nitrogen and oxygen atoms in total. The fourth-order valence-electron chi connectivity index (χ4n) is 8.08. The van der Waals surface area contributed by atoms with Crippen molar-refractivity contribution in [1.82, 2.24) is 30.2 Å². The zero-order valence-electron chi connectivity index (χ0n) is 29.9. The largest absolute Gasteiger partial charge is 0.444 e. The summed E-state index contributed by atoms with van der Waals surface area (Å²) >= 11 is 12.2. The third-order valence-electron chi connectivity index (χ3n) is 10.5. The summed E-state index contributed by atoms with van der Waals surface area (Å²) in [7, 11) is 0. The highest BCUT2D eigenvalue weighted by molar-refractivity contribution is 6.31. The van der Waals surface area contributed by atoms with Crippen molar-refractivity contribution in [1.29, 1.82) is 0 Å².